The molecule has 0 amide bonds. The molecular weight excluding hydrogens is 384 g/mol. The first-order chi connectivity index (χ1) is 15.6. The van der Waals surface area contributed by atoms with Gasteiger partial charge in [0.2, 0.25) is 0 Å². The van der Waals surface area contributed by atoms with Gasteiger partial charge < -0.3 is 0 Å². The maximum Gasteiger partial charge on any atom is -0.00932 e. The van der Waals surface area contributed by atoms with Crippen LogP contribution >= 0.6 is 0 Å². The van der Waals surface area contributed by atoms with Crippen molar-refractivity contribution in [2.24, 2.45) is 0 Å². The van der Waals surface area contributed by atoms with Gasteiger partial charge in [-0.3, -0.25) is 0 Å². The highest BCUT2D eigenvalue weighted by atomic mass is 14.1. The van der Waals surface area contributed by atoms with E-state index in [1.807, 2.05) is 6.08 Å². The summed E-state index contributed by atoms with van der Waals surface area (Å²) in [7, 11) is 0. The zero-order valence-corrected chi connectivity index (χ0v) is 19.3. The average Bonchev–Trinajstić information content (AvgIpc) is 2.81. The first-order valence-electron chi connectivity index (χ1n) is 11.3. The van der Waals surface area contributed by atoms with Crippen LogP contribution < -0.4 is 10.4 Å². The molecule has 0 unspecified atom stereocenters. The molecule has 0 aliphatic carbocycles. The molecule has 0 heterocycles. The van der Waals surface area contributed by atoms with Gasteiger partial charge in [-0.25, -0.2) is 0 Å². The van der Waals surface area contributed by atoms with E-state index in [1.165, 1.54) is 49.7 Å². The molecule has 4 aromatic carbocycles. The van der Waals surface area contributed by atoms with Crippen molar-refractivity contribution in [3.05, 3.63) is 113 Å². The SMILES string of the molecule is C=C/C=c1\c(=C)c(CC)c(/C=C\C)c2ccc(-c3cccc(-c4cccc(C)c4)c3)cc12. The van der Waals surface area contributed by atoms with Crippen LogP contribution in [0.3, 0.4) is 0 Å². The topological polar surface area (TPSA) is 0 Å². The van der Waals surface area contributed by atoms with Crippen molar-refractivity contribution in [1.82, 2.24) is 0 Å². The van der Waals surface area contributed by atoms with Crippen LogP contribution in [0.4, 0.5) is 0 Å². The van der Waals surface area contributed by atoms with Gasteiger partial charge in [0.15, 0.2) is 0 Å². The molecule has 0 radical (unpaired) electrons. The van der Waals surface area contributed by atoms with Gasteiger partial charge in [0.1, 0.15) is 0 Å². The van der Waals surface area contributed by atoms with Gasteiger partial charge in [-0.15, -0.1) is 0 Å². The van der Waals surface area contributed by atoms with Gasteiger partial charge >= 0.3 is 0 Å². The van der Waals surface area contributed by atoms with Gasteiger partial charge in [0.05, 0.1) is 0 Å². The van der Waals surface area contributed by atoms with E-state index in [0.29, 0.717) is 0 Å². The Morgan fingerprint density at radius 2 is 1.47 bits per heavy atom. The monoisotopic (exact) mass is 414 g/mol. The van der Waals surface area contributed by atoms with Gasteiger partial charge in [0, 0.05) is 0 Å². The number of hydrogen-bond donors (Lipinski definition) is 0. The van der Waals surface area contributed by atoms with Crippen LogP contribution in [0.1, 0.15) is 30.5 Å². The van der Waals surface area contributed by atoms with Crippen LogP contribution in [0.2, 0.25) is 0 Å². The zero-order chi connectivity index (χ0) is 22.7. The first-order valence-corrected chi connectivity index (χ1v) is 11.3. The molecule has 0 N–H and O–H groups in total. The minimum absolute atomic E-state index is 0.951. The number of aryl methyl sites for hydroxylation is 1. The molecule has 4 rings (SSSR count). The van der Waals surface area contributed by atoms with Crippen LogP contribution in [0.25, 0.3) is 51.8 Å². The minimum atomic E-state index is 0.951. The normalized spacial score (nSPS) is 12.0. The predicted molar refractivity (Wildman–Crippen MR) is 143 cm³/mol. The standard InChI is InChI=1S/C32H30/c1-6-11-29-23(5)28(8-3)30(12-7-2)31-18-17-27(21-32(29)31)26-16-10-15-25(20-26)24-14-9-13-22(4)19-24/h6-7,9-21H,1,5,8H2,2-4H3/b12-7-,29-11+. The lowest BCUT2D eigenvalue weighted by Gasteiger charge is -2.14. The lowest BCUT2D eigenvalue weighted by atomic mass is 9.90. The fourth-order valence-electron chi connectivity index (χ4n) is 4.60. The Morgan fingerprint density at radius 3 is 2.09 bits per heavy atom. The van der Waals surface area contributed by atoms with Crippen molar-refractivity contribution in [2.75, 3.05) is 0 Å². The summed E-state index contributed by atoms with van der Waals surface area (Å²) in [5.74, 6) is 0. The molecule has 32 heavy (non-hydrogen) atoms. The summed E-state index contributed by atoms with van der Waals surface area (Å²) >= 11 is 0. The van der Waals surface area contributed by atoms with Crippen molar-refractivity contribution < 1.29 is 0 Å². The van der Waals surface area contributed by atoms with E-state index in [-0.39, 0.29) is 0 Å². The molecule has 0 heteroatoms. The number of benzene rings is 4. The van der Waals surface area contributed by atoms with Crippen molar-refractivity contribution in [1.29, 1.82) is 0 Å². The summed E-state index contributed by atoms with van der Waals surface area (Å²) < 4.78 is 0. The van der Waals surface area contributed by atoms with Gasteiger partial charge in [-0.2, -0.15) is 0 Å². The Labute approximate surface area is 191 Å². The van der Waals surface area contributed by atoms with Gasteiger partial charge in [0.25, 0.3) is 0 Å². The van der Waals surface area contributed by atoms with E-state index in [9.17, 15) is 0 Å². The van der Waals surface area contributed by atoms with Crippen LogP contribution in [-0.4, -0.2) is 0 Å². The van der Waals surface area contributed by atoms with E-state index in [2.05, 4.69) is 119 Å². The average molecular weight is 415 g/mol. The Hall–Kier alpha value is -3.64. The third-order valence-electron chi connectivity index (χ3n) is 6.13. The maximum atomic E-state index is 4.45. The van der Waals surface area contributed by atoms with E-state index < -0.39 is 0 Å². The molecule has 0 fully saturated rings. The van der Waals surface area contributed by atoms with E-state index in [4.69, 9.17) is 0 Å². The summed E-state index contributed by atoms with van der Waals surface area (Å²) in [5.41, 5.74) is 8.76. The minimum Gasteiger partial charge on any atom is -0.0990 e. The molecule has 0 aromatic heterocycles. The summed E-state index contributed by atoms with van der Waals surface area (Å²) in [6, 6.07) is 24.3. The van der Waals surface area contributed by atoms with Crippen LogP contribution in [0, 0.1) is 6.92 Å². The van der Waals surface area contributed by atoms with E-state index in [0.717, 1.165) is 16.9 Å². The van der Waals surface area contributed by atoms with Crippen molar-refractivity contribution >= 4 is 29.5 Å². The summed E-state index contributed by atoms with van der Waals surface area (Å²) in [6.45, 7) is 14.8. The largest absolute Gasteiger partial charge is 0.0990 e. The molecule has 0 saturated carbocycles. The maximum absolute atomic E-state index is 4.45. The fourth-order valence-corrected chi connectivity index (χ4v) is 4.60. The van der Waals surface area contributed by atoms with Gasteiger partial charge in [-0.05, 0) is 87.0 Å². The van der Waals surface area contributed by atoms with Crippen molar-refractivity contribution in [3.63, 3.8) is 0 Å². The second-order valence-corrected chi connectivity index (χ2v) is 8.25. The molecule has 0 bridgehead atoms. The highest BCUT2D eigenvalue weighted by Crippen LogP contribution is 2.30. The molecule has 158 valence electrons. The fraction of sp³-hybridized carbons (Fsp3) is 0.125. The molecule has 0 aliphatic rings. The summed E-state index contributed by atoms with van der Waals surface area (Å²) in [5, 5.41) is 4.74. The Balaban J connectivity index is 1.98. The number of fused-ring (bicyclic) bond motifs is 1. The Morgan fingerprint density at radius 1 is 0.812 bits per heavy atom. The molecule has 0 atom stereocenters. The predicted octanol–water partition coefficient (Wildman–Crippen LogP) is 7.45. The third kappa shape index (κ3) is 3.97. The van der Waals surface area contributed by atoms with Crippen LogP contribution in [-0.2, 0) is 6.42 Å². The molecule has 4 aromatic rings. The second-order valence-electron chi connectivity index (χ2n) is 8.25. The third-order valence-corrected chi connectivity index (χ3v) is 6.13. The Kier molecular flexibility index (Phi) is 6.23. The van der Waals surface area contributed by atoms with E-state index >= 15 is 0 Å². The number of allylic oxidation sites excluding steroid dienone is 2. The van der Waals surface area contributed by atoms with Crippen LogP contribution in [0.5, 0.6) is 0 Å². The molecule has 0 saturated heterocycles. The summed E-state index contributed by atoms with van der Waals surface area (Å²) in [4.78, 5) is 0. The Bertz CT molecular complexity index is 1450. The molecule has 0 spiro atoms. The van der Waals surface area contributed by atoms with Crippen molar-refractivity contribution in [2.45, 2.75) is 27.2 Å². The lowest BCUT2D eigenvalue weighted by molar-refractivity contribution is 1.12. The van der Waals surface area contributed by atoms with Gasteiger partial charge in [-0.1, -0.05) is 105 Å². The number of hydrogen-bond acceptors (Lipinski definition) is 0. The van der Waals surface area contributed by atoms with E-state index in [1.54, 1.807) is 0 Å². The lowest BCUT2D eigenvalue weighted by Crippen LogP contribution is -2.29. The first kappa shape index (κ1) is 21.6. The molecule has 0 nitrogen and oxygen atoms in total. The second kappa shape index (κ2) is 9.24. The quantitative estimate of drug-likeness (QED) is 0.318. The molecule has 0 aliphatic heterocycles. The molecular formula is C32H30. The summed E-state index contributed by atoms with van der Waals surface area (Å²) in [6.07, 6.45) is 9.24. The highest BCUT2D eigenvalue weighted by molar-refractivity contribution is 5.96. The highest BCUT2D eigenvalue weighted by Gasteiger charge is 2.10. The van der Waals surface area contributed by atoms with Crippen molar-refractivity contribution in [3.8, 4) is 22.3 Å². The smallest absolute Gasteiger partial charge is 0.00932 e. The number of rotatable bonds is 5. The van der Waals surface area contributed by atoms with Crippen LogP contribution in [0.15, 0.2) is 85.5 Å². The zero-order valence-electron chi connectivity index (χ0n) is 19.3.